The van der Waals surface area contributed by atoms with Crippen LogP contribution in [0.2, 0.25) is 0 Å². The highest BCUT2D eigenvalue weighted by molar-refractivity contribution is 5.93. The maximum absolute atomic E-state index is 12.3. The first-order valence-corrected chi connectivity index (χ1v) is 6.26. The molecule has 1 aromatic rings. The average molecular weight is 325 g/mol. The summed E-state index contributed by atoms with van der Waals surface area (Å²) in [5.41, 5.74) is 5.84. The Morgan fingerprint density at radius 1 is 1.24 bits per heavy atom. The van der Waals surface area contributed by atoms with Crippen molar-refractivity contribution in [3.8, 4) is 5.75 Å². The molecule has 1 aliphatic heterocycles. The van der Waals surface area contributed by atoms with Gasteiger partial charge in [0.2, 0.25) is 5.91 Å². The van der Waals surface area contributed by atoms with Crippen LogP contribution in [0.25, 0.3) is 0 Å². The lowest BCUT2D eigenvalue weighted by atomic mass is 9.89. The molecule has 0 unspecified atom stereocenters. The van der Waals surface area contributed by atoms with Gasteiger partial charge in [-0.25, -0.2) is 0 Å². The van der Waals surface area contributed by atoms with Crippen molar-refractivity contribution in [3.05, 3.63) is 29.3 Å². The summed E-state index contributed by atoms with van der Waals surface area (Å²) in [6, 6.07) is 3.89. The number of carbonyl (C=O) groups is 1. The molecule has 0 radical (unpaired) electrons. The predicted octanol–water partition coefficient (Wildman–Crippen LogP) is 2.57. The summed E-state index contributed by atoms with van der Waals surface area (Å²) in [6.07, 6.45) is -3.19. The fourth-order valence-corrected chi connectivity index (χ4v) is 2.35. The molecular formula is C13H16ClF3N2O2. The molecule has 118 valence electrons. The number of nitrogens with one attached hydrogen (secondary N) is 1. The van der Waals surface area contributed by atoms with Crippen LogP contribution in [0.4, 0.5) is 13.2 Å². The number of ether oxygens (including phenoxy) is 1. The number of nitrogens with two attached hydrogens (primary N) is 1. The van der Waals surface area contributed by atoms with E-state index in [0.29, 0.717) is 5.56 Å². The SMILES string of the molecule is Cl.NC(=O)c1cc(OC(F)(F)F)cc(C2CCNCC2)c1. The molecule has 1 aliphatic rings. The number of amides is 1. The van der Waals surface area contributed by atoms with E-state index in [1.54, 1.807) is 6.07 Å². The van der Waals surface area contributed by atoms with E-state index in [-0.39, 0.29) is 23.9 Å². The number of halogens is 4. The van der Waals surface area contributed by atoms with Crippen LogP contribution in [0.5, 0.6) is 5.75 Å². The molecule has 1 saturated heterocycles. The van der Waals surface area contributed by atoms with Gasteiger partial charge in [0, 0.05) is 5.56 Å². The maximum atomic E-state index is 12.3. The molecule has 2 rings (SSSR count). The van der Waals surface area contributed by atoms with E-state index in [9.17, 15) is 18.0 Å². The number of piperidine rings is 1. The van der Waals surface area contributed by atoms with Crippen molar-refractivity contribution >= 4 is 18.3 Å². The standard InChI is InChI=1S/C13H15F3N2O2.ClH/c14-13(15,16)20-11-6-9(5-10(7-11)12(17)19)8-1-3-18-4-2-8;/h5-8,18H,1-4H2,(H2,17,19);1H. The first-order chi connectivity index (χ1) is 9.35. The smallest absolute Gasteiger partial charge is 0.406 e. The normalized spacial score (nSPS) is 16.1. The van der Waals surface area contributed by atoms with Crippen LogP contribution in [0.15, 0.2) is 18.2 Å². The lowest BCUT2D eigenvalue weighted by Gasteiger charge is -2.24. The summed E-state index contributed by atoms with van der Waals surface area (Å²) in [7, 11) is 0. The third-order valence-corrected chi connectivity index (χ3v) is 3.26. The van der Waals surface area contributed by atoms with Crippen molar-refractivity contribution in [2.24, 2.45) is 5.73 Å². The Hall–Kier alpha value is -1.47. The fraction of sp³-hybridized carbons (Fsp3) is 0.462. The van der Waals surface area contributed by atoms with Gasteiger partial charge in [0.05, 0.1) is 0 Å². The van der Waals surface area contributed by atoms with Crippen molar-refractivity contribution < 1.29 is 22.7 Å². The summed E-state index contributed by atoms with van der Waals surface area (Å²) < 4.78 is 40.8. The number of hydrogen-bond donors (Lipinski definition) is 2. The number of benzene rings is 1. The Bertz CT molecular complexity index is 503. The summed E-state index contributed by atoms with van der Waals surface area (Å²) >= 11 is 0. The van der Waals surface area contributed by atoms with E-state index in [0.717, 1.165) is 32.0 Å². The average Bonchev–Trinajstić information content (AvgIpc) is 2.37. The number of rotatable bonds is 3. The predicted molar refractivity (Wildman–Crippen MR) is 73.7 cm³/mol. The molecule has 4 nitrogen and oxygen atoms in total. The minimum Gasteiger partial charge on any atom is -0.406 e. The third-order valence-electron chi connectivity index (χ3n) is 3.26. The highest BCUT2D eigenvalue weighted by Gasteiger charge is 2.31. The van der Waals surface area contributed by atoms with Crippen LogP contribution < -0.4 is 15.8 Å². The van der Waals surface area contributed by atoms with E-state index in [1.165, 1.54) is 6.07 Å². The molecule has 3 N–H and O–H groups in total. The first kappa shape index (κ1) is 17.6. The molecule has 0 spiro atoms. The van der Waals surface area contributed by atoms with Gasteiger partial charge in [-0.05, 0) is 55.6 Å². The van der Waals surface area contributed by atoms with Crippen LogP contribution in [-0.2, 0) is 0 Å². The zero-order valence-electron chi connectivity index (χ0n) is 11.1. The number of alkyl halides is 3. The number of hydrogen-bond acceptors (Lipinski definition) is 3. The molecule has 21 heavy (non-hydrogen) atoms. The quantitative estimate of drug-likeness (QED) is 0.898. The Morgan fingerprint density at radius 3 is 2.38 bits per heavy atom. The lowest BCUT2D eigenvalue weighted by molar-refractivity contribution is -0.274. The molecule has 0 saturated carbocycles. The van der Waals surface area contributed by atoms with Gasteiger partial charge in [-0.15, -0.1) is 25.6 Å². The first-order valence-electron chi connectivity index (χ1n) is 6.26. The number of primary amides is 1. The van der Waals surface area contributed by atoms with Gasteiger partial charge in [-0.2, -0.15) is 0 Å². The molecule has 1 amide bonds. The highest BCUT2D eigenvalue weighted by Crippen LogP contribution is 2.31. The van der Waals surface area contributed by atoms with E-state index >= 15 is 0 Å². The molecule has 0 aliphatic carbocycles. The topological polar surface area (TPSA) is 64.4 Å². The van der Waals surface area contributed by atoms with E-state index in [1.807, 2.05) is 0 Å². The van der Waals surface area contributed by atoms with Crippen LogP contribution in [0.1, 0.15) is 34.7 Å². The van der Waals surface area contributed by atoms with E-state index in [2.05, 4.69) is 10.1 Å². The van der Waals surface area contributed by atoms with E-state index in [4.69, 9.17) is 5.73 Å². The second kappa shape index (κ2) is 7.00. The third kappa shape index (κ3) is 5.09. The van der Waals surface area contributed by atoms with Crippen molar-refractivity contribution in [1.29, 1.82) is 0 Å². The molecule has 0 bridgehead atoms. The summed E-state index contributed by atoms with van der Waals surface area (Å²) in [5.74, 6) is -1.07. The largest absolute Gasteiger partial charge is 0.573 e. The van der Waals surface area contributed by atoms with Crippen molar-refractivity contribution in [1.82, 2.24) is 5.32 Å². The Balaban J connectivity index is 0.00000220. The highest BCUT2D eigenvalue weighted by atomic mass is 35.5. The van der Waals surface area contributed by atoms with Gasteiger partial charge < -0.3 is 15.8 Å². The van der Waals surface area contributed by atoms with Gasteiger partial charge >= 0.3 is 6.36 Å². The molecule has 0 atom stereocenters. The van der Waals surface area contributed by atoms with Crippen molar-refractivity contribution in [2.75, 3.05) is 13.1 Å². The second-order valence-electron chi connectivity index (χ2n) is 4.73. The van der Waals surface area contributed by atoms with E-state index < -0.39 is 18.0 Å². The summed E-state index contributed by atoms with van der Waals surface area (Å²) in [5, 5.41) is 3.17. The molecule has 0 aromatic heterocycles. The maximum Gasteiger partial charge on any atom is 0.573 e. The Kier molecular flexibility index (Phi) is 5.86. The van der Waals surface area contributed by atoms with Crippen LogP contribution >= 0.6 is 12.4 Å². The van der Waals surface area contributed by atoms with Crippen molar-refractivity contribution in [2.45, 2.75) is 25.1 Å². The summed E-state index contributed by atoms with van der Waals surface area (Å²) in [4.78, 5) is 11.2. The zero-order chi connectivity index (χ0) is 14.8. The Labute approximate surface area is 126 Å². The lowest BCUT2D eigenvalue weighted by Crippen LogP contribution is -2.27. The summed E-state index contributed by atoms with van der Waals surface area (Å²) in [6.45, 7) is 1.59. The minimum atomic E-state index is -4.79. The van der Waals surface area contributed by atoms with Gasteiger partial charge in [-0.1, -0.05) is 0 Å². The zero-order valence-corrected chi connectivity index (χ0v) is 11.9. The Morgan fingerprint density at radius 2 is 1.86 bits per heavy atom. The van der Waals surface area contributed by atoms with Crippen molar-refractivity contribution in [3.63, 3.8) is 0 Å². The number of carbonyl (C=O) groups excluding carboxylic acids is 1. The minimum absolute atomic E-state index is 0. The van der Waals surface area contributed by atoms with Crippen LogP contribution in [-0.4, -0.2) is 25.4 Å². The molecule has 1 aromatic carbocycles. The molecule has 8 heteroatoms. The second-order valence-corrected chi connectivity index (χ2v) is 4.73. The molecule has 1 fully saturated rings. The van der Waals surface area contributed by atoms with Gasteiger partial charge in [0.25, 0.3) is 0 Å². The molecular weight excluding hydrogens is 309 g/mol. The van der Waals surface area contributed by atoms with Gasteiger partial charge in [0.15, 0.2) is 0 Å². The van der Waals surface area contributed by atoms with Gasteiger partial charge in [0.1, 0.15) is 5.75 Å². The van der Waals surface area contributed by atoms with Crippen LogP contribution in [0, 0.1) is 0 Å². The van der Waals surface area contributed by atoms with Gasteiger partial charge in [-0.3, -0.25) is 4.79 Å². The van der Waals surface area contributed by atoms with Crippen LogP contribution in [0.3, 0.4) is 0 Å². The monoisotopic (exact) mass is 324 g/mol. The molecule has 1 heterocycles. The fourth-order valence-electron chi connectivity index (χ4n) is 2.35.